The summed E-state index contributed by atoms with van der Waals surface area (Å²) in [7, 11) is -4.23. The minimum Gasteiger partial charge on any atom is -0.494 e. The van der Waals surface area contributed by atoms with Crippen LogP contribution in [0.25, 0.3) is 0 Å². The van der Waals surface area contributed by atoms with Crippen LogP contribution in [0.2, 0.25) is 0 Å². The van der Waals surface area contributed by atoms with Crippen molar-refractivity contribution in [1.82, 2.24) is 0 Å². The number of ketones is 1. The molecule has 0 radical (unpaired) electrons. The van der Waals surface area contributed by atoms with Crippen LogP contribution >= 0.6 is 7.82 Å². The number of Topliss-reactive ketones (excluding diaryl/α,β-unsaturated/α-hetero) is 1. The largest absolute Gasteiger partial charge is 0.494 e. The number of phosphoric acid groups is 1. The number of hydrogen-bond acceptors (Lipinski definition) is 6. The molecule has 1 rings (SSSR count). The molecular weight excluding hydrogens is 513 g/mol. The first-order valence-electron chi connectivity index (χ1n) is 15.4. The molecule has 0 saturated carbocycles. The molecule has 0 bridgehead atoms. The minimum absolute atomic E-state index is 0.0393. The van der Waals surface area contributed by atoms with E-state index < -0.39 is 13.9 Å². The Balaban J connectivity index is 2.47. The van der Waals surface area contributed by atoms with Gasteiger partial charge in [0.2, 0.25) is 0 Å². The number of phosphoric ester groups is 1. The van der Waals surface area contributed by atoms with Crippen LogP contribution < -0.4 is 10.5 Å². The fourth-order valence-corrected chi connectivity index (χ4v) is 5.71. The van der Waals surface area contributed by atoms with Gasteiger partial charge < -0.3 is 15.4 Å². The number of benzene rings is 1. The van der Waals surface area contributed by atoms with Crippen molar-refractivity contribution in [2.75, 3.05) is 19.8 Å². The zero-order valence-electron chi connectivity index (χ0n) is 24.9. The Morgan fingerprint density at radius 1 is 0.974 bits per heavy atom. The second-order valence-corrected chi connectivity index (χ2v) is 12.3. The van der Waals surface area contributed by atoms with E-state index in [1.807, 2.05) is 31.2 Å². The van der Waals surface area contributed by atoms with Crippen LogP contribution in [-0.4, -0.2) is 36.5 Å². The lowest BCUT2D eigenvalue weighted by Gasteiger charge is -2.21. The van der Waals surface area contributed by atoms with Gasteiger partial charge in [0, 0.05) is 12.8 Å². The second kappa shape index (κ2) is 22.4. The van der Waals surface area contributed by atoms with Gasteiger partial charge in [0.1, 0.15) is 11.5 Å². The molecule has 7 nitrogen and oxygen atoms in total. The summed E-state index contributed by atoms with van der Waals surface area (Å²) < 4.78 is 28.8. The van der Waals surface area contributed by atoms with Gasteiger partial charge in [0.05, 0.1) is 19.3 Å². The molecule has 3 N–H and O–H groups in total. The van der Waals surface area contributed by atoms with Gasteiger partial charge >= 0.3 is 7.82 Å². The van der Waals surface area contributed by atoms with Crippen molar-refractivity contribution in [3.05, 3.63) is 29.8 Å². The molecule has 3 unspecified atom stereocenters. The van der Waals surface area contributed by atoms with Crippen molar-refractivity contribution >= 4 is 13.6 Å². The lowest BCUT2D eigenvalue weighted by molar-refractivity contribution is -0.120. The highest BCUT2D eigenvalue weighted by Crippen LogP contribution is 2.45. The highest BCUT2D eigenvalue weighted by atomic mass is 31.2. The number of hydrogen-bond donors (Lipinski definition) is 2. The average Bonchev–Trinajstić information content (AvgIpc) is 2.88. The number of nitrogens with two attached hydrogens (primary N) is 1. The first-order chi connectivity index (χ1) is 18.8. The summed E-state index contributed by atoms with van der Waals surface area (Å²) >= 11 is 0. The highest BCUT2D eigenvalue weighted by Gasteiger charge is 2.27. The van der Waals surface area contributed by atoms with E-state index in [4.69, 9.17) is 19.5 Å². The van der Waals surface area contributed by atoms with E-state index in [-0.39, 0.29) is 24.7 Å². The van der Waals surface area contributed by atoms with Crippen molar-refractivity contribution in [3.8, 4) is 5.75 Å². The molecule has 0 aliphatic heterocycles. The third kappa shape index (κ3) is 19.5. The highest BCUT2D eigenvalue weighted by molar-refractivity contribution is 7.47. The number of carbonyl (C=O) groups is 1. The summed E-state index contributed by atoms with van der Waals surface area (Å²) in [5.74, 6) is 0.700. The fourth-order valence-electron chi connectivity index (χ4n) is 4.69. The molecule has 0 spiro atoms. The summed E-state index contributed by atoms with van der Waals surface area (Å²) in [6.07, 6.45) is 16.4. The van der Waals surface area contributed by atoms with Crippen molar-refractivity contribution < 1.29 is 28.0 Å². The van der Waals surface area contributed by atoms with Crippen LogP contribution in [0.4, 0.5) is 0 Å². The molecule has 0 saturated heterocycles. The first kappa shape index (κ1) is 35.8. The number of rotatable bonds is 26. The van der Waals surface area contributed by atoms with Gasteiger partial charge in [0.25, 0.3) is 0 Å². The minimum atomic E-state index is -4.23. The van der Waals surface area contributed by atoms with E-state index >= 15 is 0 Å². The topological polar surface area (TPSA) is 108 Å². The molecule has 1 aromatic carbocycles. The quantitative estimate of drug-likeness (QED) is 0.0855. The molecule has 0 fully saturated rings. The molecule has 0 amide bonds. The Morgan fingerprint density at radius 2 is 1.62 bits per heavy atom. The Morgan fingerprint density at radius 3 is 2.23 bits per heavy atom. The summed E-state index contributed by atoms with van der Waals surface area (Å²) in [4.78, 5) is 22.5. The van der Waals surface area contributed by atoms with E-state index in [0.29, 0.717) is 32.4 Å². The smallest absolute Gasteiger partial charge is 0.472 e. The molecule has 3 atom stereocenters. The molecule has 0 aromatic heterocycles. The van der Waals surface area contributed by atoms with Crippen LogP contribution in [0.5, 0.6) is 5.75 Å². The van der Waals surface area contributed by atoms with Crippen LogP contribution in [-0.2, 0) is 24.8 Å². The Kier molecular flexibility index (Phi) is 20.6. The third-order valence-corrected chi connectivity index (χ3v) is 7.95. The zero-order chi connectivity index (χ0) is 28.8. The summed E-state index contributed by atoms with van der Waals surface area (Å²) in [5, 5.41) is 0. The van der Waals surface area contributed by atoms with Gasteiger partial charge in [-0.15, -0.1) is 0 Å². The van der Waals surface area contributed by atoms with Crippen molar-refractivity contribution in [3.63, 3.8) is 0 Å². The lowest BCUT2D eigenvalue weighted by Crippen LogP contribution is -2.18. The molecule has 226 valence electrons. The van der Waals surface area contributed by atoms with Gasteiger partial charge in [-0.05, 0) is 62.8 Å². The number of carbonyl (C=O) groups excluding carboxylic acids is 1. The van der Waals surface area contributed by atoms with E-state index in [9.17, 15) is 14.3 Å². The van der Waals surface area contributed by atoms with Gasteiger partial charge in [0.15, 0.2) is 0 Å². The second-order valence-electron chi connectivity index (χ2n) is 10.9. The first-order valence-corrected chi connectivity index (χ1v) is 16.9. The number of ether oxygens (including phenoxy) is 1. The van der Waals surface area contributed by atoms with Gasteiger partial charge in [-0.1, -0.05) is 90.2 Å². The SMILES string of the molecule is CCCCCCCCCCCCCOc1cccc(CC(COP(=O)(O)OC(C)CCN)CC(=O)CCC)c1. The van der Waals surface area contributed by atoms with Gasteiger partial charge in [-0.2, -0.15) is 0 Å². The third-order valence-electron chi connectivity index (χ3n) is 6.84. The molecule has 39 heavy (non-hydrogen) atoms. The Bertz CT molecular complexity index is 805. The van der Waals surface area contributed by atoms with Gasteiger partial charge in [-0.25, -0.2) is 4.57 Å². The molecule has 0 heterocycles. The van der Waals surface area contributed by atoms with E-state index in [2.05, 4.69) is 6.92 Å². The molecule has 1 aromatic rings. The lowest BCUT2D eigenvalue weighted by atomic mass is 9.94. The maximum Gasteiger partial charge on any atom is 0.472 e. The fraction of sp³-hybridized carbons (Fsp3) is 0.774. The van der Waals surface area contributed by atoms with Gasteiger partial charge in [-0.3, -0.25) is 13.8 Å². The predicted octanol–water partition coefficient (Wildman–Crippen LogP) is 8.17. The van der Waals surface area contributed by atoms with E-state index in [0.717, 1.165) is 24.2 Å². The maximum absolute atomic E-state index is 12.4. The molecular formula is C31H56NO6P. The monoisotopic (exact) mass is 569 g/mol. The zero-order valence-corrected chi connectivity index (χ0v) is 25.8. The normalized spacial score (nSPS) is 14.6. The van der Waals surface area contributed by atoms with Crippen molar-refractivity contribution in [2.24, 2.45) is 11.7 Å². The predicted molar refractivity (Wildman–Crippen MR) is 160 cm³/mol. The summed E-state index contributed by atoms with van der Waals surface area (Å²) in [6, 6.07) is 7.88. The number of unbranched alkanes of at least 4 members (excludes halogenated alkanes) is 10. The Hall–Kier alpha value is -1.24. The van der Waals surface area contributed by atoms with Crippen molar-refractivity contribution in [1.29, 1.82) is 0 Å². The Labute approximate surface area is 238 Å². The molecule has 8 heteroatoms. The van der Waals surface area contributed by atoms with Crippen molar-refractivity contribution in [2.45, 2.75) is 130 Å². The van der Waals surface area contributed by atoms with Crippen LogP contribution in [0.1, 0.15) is 123 Å². The van der Waals surface area contributed by atoms with E-state index in [1.54, 1.807) is 6.92 Å². The van der Waals surface area contributed by atoms with Crippen LogP contribution in [0, 0.1) is 5.92 Å². The van der Waals surface area contributed by atoms with Crippen LogP contribution in [0.15, 0.2) is 24.3 Å². The standard InChI is InChI=1S/C31H56NO6P/c1-4-6-7-8-9-10-11-12-13-14-15-22-36-31-19-16-18-28(25-31)23-29(24-30(33)17-5-2)26-37-39(34,35)38-27(3)20-21-32/h16,18-19,25,27,29H,4-15,17,20-24,26,32H2,1-3H3,(H,34,35). The van der Waals surface area contributed by atoms with E-state index in [1.165, 1.54) is 64.2 Å². The summed E-state index contributed by atoms with van der Waals surface area (Å²) in [6.45, 7) is 6.91. The summed E-state index contributed by atoms with van der Waals surface area (Å²) in [5.41, 5.74) is 6.50. The molecule has 0 aliphatic rings. The maximum atomic E-state index is 12.4. The van der Waals surface area contributed by atoms with Crippen LogP contribution in [0.3, 0.4) is 0 Å². The average molecular weight is 570 g/mol. The molecule has 0 aliphatic carbocycles.